The van der Waals surface area contributed by atoms with Crippen LogP contribution in [0.1, 0.15) is 22.3 Å². The molecular formula is C21H26ClN3O2. The van der Waals surface area contributed by atoms with Gasteiger partial charge in [-0.2, -0.15) is 0 Å². The van der Waals surface area contributed by atoms with Crippen molar-refractivity contribution in [3.05, 3.63) is 57.6 Å². The Hall–Kier alpha value is -2.37. The molecule has 2 aromatic rings. The van der Waals surface area contributed by atoms with E-state index in [1.165, 1.54) is 0 Å². The third-order valence-electron chi connectivity index (χ3n) is 4.31. The topological polar surface area (TPSA) is 61.4 Å². The lowest BCUT2D eigenvalue weighted by molar-refractivity contribution is -0.119. The second kappa shape index (κ2) is 9.02. The van der Waals surface area contributed by atoms with E-state index in [0.29, 0.717) is 10.7 Å². The zero-order valence-electron chi connectivity index (χ0n) is 16.4. The van der Waals surface area contributed by atoms with Gasteiger partial charge in [0.15, 0.2) is 0 Å². The largest absolute Gasteiger partial charge is 0.325 e. The summed E-state index contributed by atoms with van der Waals surface area (Å²) in [5, 5.41) is 6.38. The number of benzene rings is 2. The van der Waals surface area contributed by atoms with Crippen molar-refractivity contribution in [2.45, 2.75) is 27.7 Å². The fraction of sp³-hybridized carbons (Fsp3) is 0.333. The van der Waals surface area contributed by atoms with Gasteiger partial charge in [0.25, 0.3) is 0 Å². The first-order valence-electron chi connectivity index (χ1n) is 8.78. The second-order valence-electron chi connectivity index (χ2n) is 6.95. The molecule has 2 aromatic carbocycles. The molecule has 0 aliphatic heterocycles. The first-order valence-corrected chi connectivity index (χ1v) is 9.16. The minimum Gasteiger partial charge on any atom is -0.325 e. The number of halogens is 1. The Morgan fingerprint density at radius 2 is 1.52 bits per heavy atom. The molecule has 2 N–H and O–H groups in total. The first kappa shape index (κ1) is 20.9. The van der Waals surface area contributed by atoms with Gasteiger partial charge in [-0.3, -0.25) is 14.5 Å². The average Bonchev–Trinajstić information content (AvgIpc) is 2.55. The van der Waals surface area contributed by atoms with Crippen LogP contribution in [-0.4, -0.2) is 36.9 Å². The summed E-state index contributed by atoms with van der Waals surface area (Å²) in [5.74, 6) is -0.349. The monoisotopic (exact) mass is 387 g/mol. The van der Waals surface area contributed by atoms with Crippen LogP contribution in [0.5, 0.6) is 0 Å². The molecule has 0 atom stereocenters. The zero-order valence-corrected chi connectivity index (χ0v) is 17.2. The number of amides is 2. The van der Waals surface area contributed by atoms with E-state index in [1.54, 1.807) is 30.1 Å². The second-order valence-corrected chi connectivity index (χ2v) is 7.36. The summed E-state index contributed by atoms with van der Waals surface area (Å²) in [6.45, 7) is 8.04. The van der Waals surface area contributed by atoms with Crippen LogP contribution in [-0.2, 0) is 9.59 Å². The molecule has 2 rings (SSSR count). The van der Waals surface area contributed by atoms with Gasteiger partial charge in [-0.05, 0) is 63.6 Å². The maximum absolute atomic E-state index is 12.3. The molecule has 6 heteroatoms. The molecule has 0 aliphatic carbocycles. The van der Waals surface area contributed by atoms with Crippen LogP contribution in [0.4, 0.5) is 11.4 Å². The minimum atomic E-state index is -0.196. The van der Waals surface area contributed by atoms with Crippen LogP contribution in [0.3, 0.4) is 0 Å². The Bertz CT molecular complexity index is 841. The molecule has 0 heterocycles. The molecule has 0 saturated carbocycles. The number of hydrogen-bond acceptors (Lipinski definition) is 3. The summed E-state index contributed by atoms with van der Waals surface area (Å²) in [4.78, 5) is 26.3. The Morgan fingerprint density at radius 3 is 2.11 bits per heavy atom. The molecule has 27 heavy (non-hydrogen) atoms. The average molecular weight is 388 g/mol. The number of carbonyl (C=O) groups excluding carboxylic acids is 2. The molecule has 0 saturated heterocycles. The zero-order chi connectivity index (χ0) is 20.1. The van der Waals surface area contributed by atoms with Gasteiger partial charge in [0.1, 0.15) is 0 Å². The van der Waals surface area contributed by atoms with Gasteiger partial charge in [0.2, 0.25) is 11.8 Å². The quantitative estimate of drug-likeness (QED) is 0.785. The molecular weight excluding hydrogens is 362 g/mol. The first-order chi connectivity index (χ1) is 12.7. The highest BCUT2D eigenvalue weighted by molar-refractivity contribution is 6.31. The summed E-state index contributed by atoms with van der Waals surface area (Å²) in [5.41, 5.74) is 5.54. The van der Waals surface area contributed by atoms with Crippen molar-refractivity contribution in [3.63, 3.8) is 0 Å². The predicted octanol–water partition coefficient (Wildman–Crippen LogP) is 4.08. The fourth-order valence-electron chi connectivity index (χ4n) is 3.03. The Kier molecular flexibility index (Phi) is 6.99. The number of aryl methyl sites for hydroxylation is 3. The minimum absolute atomic E-state index is 0.102. The van der Waals surface area contributed by atoms with E-state index >= 15 is 0 Å². The lowest BCUT2D eigenvalue weighted by Gasteiger charge is -2.18. The number of nitrogens with zero attached hydrogens (tertiary/aromatic N) is 1. The summed E-state index contributed by atoms with van der Waals surface area (Å²) in [7, 11) is 1.73. The number of anilines is 2. The van der Waals surface area contributed by atoms with Crippen molar-refractivity contribution >= 4 is 34.8 Å². The number of likely N-dealkylation sites (N-methyl/N-ethyl adjacent to an activating group) is 1. The number of nitrogens with one attached hydrogen (secondary N) is 2. The van der Waals surface area contributed by atoms with Crippen molar-refractivity contribution in [2.24, 2.45) is 0 Å². The number of carbonyl (C=O) groups is 2. The van der Waals surface area contributed by atoms with Crippen molar-refractivity contribution in [3.8, 4) is 0 Å². The summed E-state index contributed by atoms with van der Waals surface area (Å²) >= 11 is 6.07. The van der Waals surface area contributed by atoms with E-state index in [2.05, 4.69) is 10.6 Å². The molecule has 0 fully saturated rings. The van der Waals surface area contributed by atoms with Gasteiger partial charge in [0, 0.05) is 16.4 Å². The molecule has 0 spiro atoms. The lowest BCUT2D eigenvalue weighted by Crippen LogP contribution is -2.36. The van der Waals surface area contributed by atoms with E-state index in [1.807, 2.05) is 39.8 Å². The van der Waals surface area contributed by atoms with Gasteiger partial charge in [-0.15, -0.1) is 0 Å². The van der Waals surface area contributed by atoms with E-state index < -0.39 is 0 Å². The van der Waals surface area contributed by atoms with Crippen LogP contribution in [0.15, 0.2) is 30.3 Å². The molecule has 144 valence electrons. The third-order valence-corrected chi connectivity index (χ3v) is 4.72. The maximum Gasteiger partial charge on any atom is 0.238 e. The molecule has 0 radical (unpaired) electrons. The van der Waals surface area contributed by atoms with E-state index in [4.69, 9.17) is 11.6 Å². The smallest absolute Gasteiger partial charge is 0.238 e. The van der Waals surface area contributed by atoms with Gasteiger partial charge in [-0.25, -0.2) is 0 Å². The van der Waals surface area contributed by atoms with Crippen molar-refractivity contribution in [1.82, 2.24) is 4.90 Å². The van der Waals surface area contributed by atoms with Crippen molar-refractivity contribution in [1.29, 1.82) is 0 Å². The van der Waals surface area contributed by atoms with Gasteiger partial charge in [0.05, 0.1) is 13.1 Å². The lowest BCUT2D eigenvalue weighted by atomic mass is 10.1. The van der Waals surface area contributed by atoms with Crippen LogP contribution in [0, 0.1) is 27.7 Å². The fourth-order valence-corrected chi connectivity index (χ4v) is 3.21. The SMILES string of the molecule is Cc1cc(C)c(NC(=O)CN(C)CC(=O)Nc2cccc(Cl)c2C)c(C)c1. The molecule has 0 aromatic heterocycles. The molecule has 0 bridgehead atoms. The number of hydrogen-bond donors (Lipinski definition) is 2. The Morgan fingerprint density at radius 1 is 0.963 bits per heavy atom. The van der Waals surface area contributed by atoms with E-state index in [0.717, 1.165) is 27.9 Å². The highest BCUT2D eigenvalue weighted by atomic mass is 35.5. The molecule has 5 nitrogen and oxygen atoms in total. The summed E-state index contributed by atoms with van der Waals surface area (Å²) < 4.78 is 0. The van der Waals surface area contributed by atoms with Crippen molar-refractivity contribution in [2.75, 3.05) is 30.8 Å². The maximum atomic E-state index is 12.3. The highest BCUT2D eigenvalue weighted by Gasteiger charge is 2.14. The highest BCUT2D eigenvalue weighted by Crippen LogP contribution is 2.23. The third kappa shape index (κ3) is 5.81. The normalized spacial score (nSPS) is 10.8. The molecule has 2 amide bonds. The summed E-state index contributed by atoms with van der Waals surface area (Å²) in [6.07, 6.45) is 0. The van der Waals surface area contributed by atoms with Gasteiger partial charge < -0.3 is 10.6 Å². The number of rotatable bonds is 6. The van der Waals surface area contributed by atoms with Gasteiger partial charge in [-0.1, -0.05) is 35.4 Å². The van der Waals surface area contributed by atoms with Gasteiger partial charge >= 0.3 is 0 Å². The van der Waals surface area contributed by atoms with Crippen LogP contribution in [0.25, 0.3) is 0 Å². The summed E-state index contributed by atoms with van der Waals surface area (Å²) in [6, 6.07) is 9.43. The van der Waals surface area contributed by atoms with E-state index in [-0.39, 0.29) is 24.9 Å². The van der Waals surface area contributed by atoms with Crippen LogP contribution in [0.2, 0.25) is 5.02 Å². The molecule has 0 unspecified atom stereocenters. The van der Waals surface area contributed by atoms with E-state index in [9.17, 15) is 9.59 Å². The standard InChI is InChI=1S/C21H26ClN3O2/c1-13-9-14(2)21(15(3)10-13)24-20(27)12-25(5)11-19(26)23-18-8-6-7-17(22)16(18)4/h6-10H,11-12H2,1-5H3,(H,23,26)(H,24,27). The van der Waals surface area contributed by atoms with Crippen LogP contribution < -0.4 is 10.6 Å². The predicted molar refractivity (Wildman–Crippen MR) is 112 cm³/mol. The molecule has 0 aliphatic rings. The Labute approximate surface area is 165 Å². The van der Waals surface area contributed by atoms with Crippen LogP contribution >= 0.6 is 11.6 Å². The Balaban J connectivity index is 1.91. The van der Waals surface area contributed by atoms with Crippen molar-refractivity contribution < 1.29 is 9.59 Å².